The molecule has 0 aromatic rings. The maximum Gasteiger partial charge on any atom is 0.240 e. The van der Waals surface area contributed by atoms with E-state index in [1.165, 1.54) is 0 Å². The third-order valence-electron chi connectivity index (χ3n) is 3.92. The molecule has 1 N–H and O–H groups in total. The summed E-state index contributed by atoms with van der Waals surface area (Å²) < 4.78 is 0. The average molecular weight is 299 g/mol. The minimum Gasteiger partial charge on any atom is -0.341 e. The number of carbonyl (C=O) groups excluding carboxylic acids is 2. The van der Waals surface area contributed by atoms with Crippen molar-refractivity contribution < 1.29 is 9.59 Å². The van der Waals surface area contributed by atoms with Crippen LogP contribution in [0, 0.1) is 0 Å². The second-order valence-corrected chi connectivity index (χ2v) is 6.47. The monoisotopic (exact) mass is 299 g/mol. The number of thioether (sulfide) groups is 1. The molecular weight excluding hydrogens is 274 g/mol. The Labute approximate surface area is 125 Å². The van der Waals surface area contributed by atoms with E-state index in [1.54, 1.807) is 11.8 Å². The highest BCUT2D eigenvalue weighted by molar-refractivity contribution is 7.99. The highest BCUT2D eigenvalue weighted by Crippen LogP contribution is 2.14. The van der Waals surface area contributed by atoms with Gasteiger partial charge in [0.15, 0.2) is 0 Å². The van der Waals surface area contributed by atoms with Crippen molar-refractivity contribution in [2.24, 2.45) is 0 Å². The van der Waals surface area contributed by atoms with E-state index >= 15 is 0 Å². The smallest absolute Gasteiger partial charge is 0.240 e. The highest BCUT2D eigenvalue weighted by Gasteiger charge is 2.29. The Balaban J connectivity index is 1.82. The lowest BCUT2D eigenvalue weighted by atomic mass is 10.2. The molecule has 6 heteroatoms. The van der Waals surface area contributed by atoms with Gasteiger partial charge in [-0.05, 0) is 12.8 Å². The lowest BCUT2D eigenvalue weighted by Crippen LogP contribution is -2.46. The van der Waals surface area contributed by atoms with Crippen LogP contribution in [0.3, 0.4) is 0 Å². The molecule has 2 aliphatic rings. The maximum absolute atomic E-state index is 12.3. The van der Waals surface area contributed by atoms with Crippen molar-refractivity contribution >= 4 is 23.6 Å². The van der Waals surface area contributed by atoms with Crippen molar-refractivity contribution in [2.75, 3.05) is 37.8 Å². The van der Waals surface area contributed by atoms with Gasteiger partial charge in [0, 0.05) is 44.2 Å². The van der Waals surface area contributed by atoms with Crippen LogP contribution < -0.4 is 5.32 Å². The molecule has 2 rings (SSSR count). The Bertz CT molecular complexity index is 345. The van der Waals surface area contributed by atoms with Crippen molar-refractivity contribution in [3.05, 3.63) is 0 Å². The molecule has 0 spiro atoms. The third kappa shape index (κ3) is 4.12. The first-order valence-electron chi connectivity index (χ1n) is 7.60. The van der Waals surface area contributed by atoms with Crippen LogP contribution in [0.15, 0.2) is 0 Å². The third-order valence-corrected chi connectivity index (χ3v) is 4.86. The topological polar surface area (TPSA) is 52.7 Å². The largest absolute Gasteiger partial charge is 0.341 e. The molecule has 20 heavy (non-hydrogen) atoms. The van der Waals surface area contributed by atoms with Crippen LogP contribution in [0.2, 0.25) is 0 Å². The summed E-state index contributed by atoms with van der Waals surface area (Å²) in [7, 11) is 0. The molecule has 2 saturated heterocycles. The first-order chi connectivity index (χ1) is 9.72. The number of amides is 2. The van der Waals surface area contributed by atoms with Crippen molar-refractivity contribution in [3.8, 4) is 0 Å². The summed E-state index contributed by atoms with van der Waals surface area (Å²) >= 11 is 1.77. The van der Waals surface area contributed by atoms with Gasteiger partial charge in [0.25, 0.3) is 0 Å². The zero-order valence-corrected chi connectivity index (χ0v) is 13.1. The standard InChI is InChI=1S/C14H25N3O2S/c1-2-3-5-13(18)16-6-4-7-17(9-8-16)14(19)12-10-20-11-15-12/h12,15H,2-11H2,1H3. The van der Waals surface area contributed by atoms with E-state index < -0.39 is 0 Å². The van der Waals surface area contributed by atoms with Crippen LogP contribution >= 0.6 is 11.8 Å². The van der Waals surface area contributed by atoms with Crippen molar-refractivity contribution in [1.29, 1.82) is 0 Å². The number of carbonyl (C=O) groups is 2. The second-order valence-electron chi connectivity index (χ2n) is 5.44. The van der Waals surface area contributed by atoms with Gasteiger partial charge < -0.3 is 9.80 Å². The Hall–Kier alpha value is -0.750. The summed E-state index contributed by atoms with van der Waals surface area (Å²) in [6.45, 7) is 5.04. The summed E-state index contributed by atoms with van der Waals surface area (Å²) in [5, 5.41) is 3.23. The first kappa shape index (κ1) is 15.6. The molecule has 5 nitrogen and oxygen atoms in total. The molecule has 0 saturated carbocycles. The van der Waals surface area contributed by atoms with Gasteiger partial charge in [-0.2, -0.15) is 0 Å². The summed E-state index contributed by atoms with van der Waals surface area (Å²) in [5.74, 6) is 2.19. The second kappa shape index (κ2) is 7.88. The fraction of sp³-hybridized carbons (Fsp3) is 0.857. The molecule has 0 aromatic heterocycles. The Morgan fingerprint density at radius 3 is 2.65 bits per heavy atom. The summed E-state index contributed by atoms with van der Waals surface area (Å²) in [6, 6.07) is -0.0256. The lowest BCUT2D eigenvalue weighted by molar-refractivity contribution is -0.134. The van der Waals surface area contributed by atoms with E-state index in [2.05, 4.69) is 12.2 Å². The fourth-order valence-corrected chi connectivity index (χ4v) is 3.58. The molecule has 2 amide bonds. The Morgan fingerprint density at radius 1 is 1.20 bits per heavy atom. The molecule has 0 aliphatic carbocycles. The van der Waals surface area contributed by atoms with Gasteiger partial charge in [0.1, 0.15) is 0 Å². The predicted octanol–water partition coefficient (Wildman–Crippen LogP) is 0.900. The highest BCUT2D eigenvalue weighted by atomic mass is 32.2. The maximum atomic E-state index is 12.3. The molecule has 2 aliphatic heterocycles. The average Bonchev–Trinajstić information content (AvgIpc) is 2.88. The summed E-state index contributed by atoms with van der Waals surface area (Å²) in [6.07, 6.45) is 3.55. The lowest BCUT2D eigenvalue weighted by Gasteiger charge is -2.24. The molecule has 2 fully saturated rings. The van der Waals surface area contributed by atoms with Crippen LogP contribution in [0.5, 0.6) is 0 Å². The van der Waals surface area contributed by atoms with Gasteiger partial charge >= 0.3 is 0 Å². The van der Waals surface area contributed by atoms with E-state index in [0.29, 0.717) is 19.5 Å². The van der Waals surface area contributed by atoms with Gasteiger partial charge in [0.2, 0.25) is 11.8 Å². The van der Waals surface area contributed by atoms with Gasteiger partial charge in [-0.15, -0.1) is 11.8 Å². The van der Waals surface area contributed by atoms with Crippen LogP contribution in [-0.4, -0.2) is 65.5 Å². The molecule has 114 valence electrons. The van der Waals surface area contributed by atoms with Gasteiger partial charge in [-0.1, -0.05) is 13.3 Å². The predicted molar refractivity (Wildman–Crippen MR) is 81.6 cm³/mol. The van der Waals surface area contributed by atoms with Gasteiger partial charge in [0.05, 0.1) is 6.04 Å². The molecule has 0 aromatic carbocycles. The molecule has 0 radical (unpaired) electrons. The van der Waals surface area contributed by atoms with Crippen LogP contribution in [0.4, 0.5) is 0 Å². The van der Waals surface area contributed by atoms with Crippen LogP contribution in [-0.2, 0) is 9.59 Å². The van der Waals surface area contributed by atoms with Crippen molar-refractivity contribution in [2.45, 2.75) is 38.6 Å². The number of hydrogen-bond donors (Lipinski definition) is 1. The number of rotatable bonds is 4. The first-order valence-corrected chi connectivity index (χ1v) is 8.75. The van der Waals surface area contributed by atoms with Crippen molar-refractivity contribution in [3.63, 3.8) is 0 Å². The molecule has 0 bridgehead atoms. The number of nitrogens with zero attached hydrogens (tertiary/aromatic N) is 2. The van der Waals surface area contributed by atoms with Gasteiger partial charge in [-0.3, -0.25) is 14.9 Å². The molecule has 1 unspecified atom stereocenters. The van der Waals surface area contributed by atoms with Crippen LogP contribution in [0.1, 0.15) is 32.6 Å². The zero-order valence-electron chi connectivity index (χ0n) is 12.3. The fourth-order valence-electron chi connectivity index (χ4n) is 2.65. The minimum absolute atomic E-state index is 0.0256. The van der Waals surface area contributed by atoms with E-state index in [0.717, 1.165) is 44.0 Å². The number of hydrogen-bond acceptors (Lipinski definition) is 4. The normalized spacial score (nSPS) is 23.8. The molecule has 2 heterocycles. The van der Waals surface area contributed by atoms with E-state index in [1.807, 2.05) is 9.80 Å². The molecular formula is C14H25N3O2S. The number of nitrogens with one attached hydrogen (secondary N) is 1. The summed E-state index contributed by atoms with van der Waals surface area (Å²) in [4.78, 5) is 28.3. The van der Waals surface area contributed by atoms with E-state index in [-0.39, 0.29) is 17.9 Å². The molecule has 1 atom stereocenters. The Kier molecular flexibility index (Phi) is 6.16. The van der Waals surface area contributed by atoms with E-state index in [4.69, 9.17) is 0 Å². The quantitative estimate of drug-likeness (QED) is 0.838. The summed E-state index contributed by atoms with van der Waals surface area (Å²) in [5.41, 5.74) is 0. The minimum atomic E-state index is -0.0256. The van der Waals surface area contributed by atoms with Crippen LogP contribution in [0.25, 0.3) is 0 Å². The van der Waals surface area contributed by atoms with Crippen molar-refractivity contribution in [1.82, 2.24) is 15.1 Å². The zero-order chi connectivity index (χ0) is 14.4. The Morgan fingerprint density at radius 2 is 1.95 bits per heavy atom. The van der Waals surface area contributed by atoms with Gasteiger partial charge in [-0.25, -0.2) is 0 Å². The SMILES string of the molecule is CCCCC(=O)N1CCCN(C(=O)C2CSCN2)CC1. The number of unbranched alkanes of at least 4 members (excludes halogenated alkanes) is 1. The van der Waals surface area contributed by atoms with E-state index in [9.17, 15) is 9.59 Å².